The summed E-state index contributed by atoms with van der Waals surface area (Å²) >= 11 is 0. The number of carbonyl (C=O) groups is 3. The highest BCUT2D eigenvalue weighted by molar-refractivity contribution is 5.97. The summed E-state index contributed by atoms with van der Waals surface area (Å²) in [7, 11) is 0. The van der Waals surface area contributed by atoms with Crippen LogP contribution >= 0.6 is 0 Å². The molecule has 7 heteroatoms. The largest absolute Gasteiger partial charge is 0.447 e. The minimum absolute atomic E-state index is 0.0690. The van der Waals surface area contributed by atoms with Gasteiger partial charge in [0.15, 0.2) is 6.10 Å². The first kappa shape index (κ1) is 14.5. The fraction of sp³-hybridized carbons (Fsp3) is 0.400. The summed E-state index contributed by atoms with van der Waals surface area (Å²) in [6.45, 7) is 0.0562. The van der Waals surface area contributed by atoms with Crippen molar-refractivity contribution in [2.45, 2.75) is 18.6 Å². The second-order valence-corrected chi connectivity index (χ2v) is 5.23. The van der Waals surface area contributed by atoms with E-state index < -0.39 is 18.1 Å². The van der Waals surface area contributed by atoms with Gasteiger partial charge in [0.25, 0.3) is 5.91 Å². The Bertz CT molecular complexity index is 579. The quantitative estimate of drug-likeness (QED) is 0.855. The summed E-state index contributed by atoms with van der Waals surface area (Å²) in [6, 6.07) is 9.22. The molecular formula is C15H16N2O5. The normalized spacial score (nSPS) is 24.8. The summed E-state index contributed by atoms with van der Waals surface area (Å²) in [4.78, 5) is 36.5. The molecule has 22 heavy (non-hydrogen) atoms. The van der Waals surface area contributed by atoms with Crippen LogP contribution in [-0.4, -0.2) is 54.7 Å². The van der Waals surface area contributed by atoms with E-state index in [1.807, 2.05) is 30.3 Å². The Kier molecular flexibility index (Phi) is 4.06. The number of nitrogens with zero attached hydrogens (tertiary/aromatic N) is 1. The zero-order valence-electron chi connectivity index (χ0n) is 11.9. The average Bonchev–Trinajstić information content (AvgIpc) is 2.89. The van der Waals surface area contributed by atoms with E-state index in [4.69, 9.17) is 9.47 Å². The molecule has 0 aromatic heterocycles. The Labute approximate surface area is 127 Å². The van der Waals surface area contributed by atoms with Gasteiger partial charge in [0.1, 0.15) is 13.2 Å². The Morgan fingerprint density at radius 3 is 2.73 bits per heavy atom. The molecule has 3 amide bonds. The molecule has 2 aliphatic rings. The predicted molar refractivity (Wildman–Crippen MR) is 74.9 cm³/mol. The van der Waals surface area contributed by atoms with Crippen LogP contribution < -0.4 is 5.32 Å². The van der Waals surface area contributed by atoms with Gasteiger partial charge in [-0.25, -0.2) is 9.69 Å². The van der Waals surface area contributed by atoms with Crippen molar-refractivity contribution >= 4 is 17.9 Å². The molecule has 0 spiro atoms. The van der Waals surface area contributed by atoms with Crippen molar-refractivity contribution in [1.29, 1.82) is 0 Å². The molecule has 2 fully saturated rings. The van der Waals surface area contributed by atoms with Gasteiger partial charge < -0.3 is 14.8 Å². The van der Waals surface area contributed by atoms with E-state index in [-0.39, 0.29) is 31.7 Å². The lowest BCUT2D eigenvalue weighted by Gasteiger charge is -2.27. The molecule has 0 bridgehead atoms. The molecule has 2 aliphatic heterocycles. The van der Waals surface area contributed by atoms with Crippen molar-refractivity contribution in [3.63, 3.8) is 0 Å². The van der Waals surface area contributed by atoms with Gasteiger partial charge in [0.2, 0.25) is 5.91 Å². The molecule has 2 saturated heterocycles. The Morgan fingerprint density at radius 1 is 1.27 bits per heavy atom. The molecule has 2 heterocycles. The third-order valence-electron chi connectivity index (χ3n) is 3.69. The highest BCUT2D eigenvalue weighted by atomic mass is 16.6. The highest BCUT2D eigenvalue weighted by Gasteiger charge is 2.42. The van der Waals surface area contributed by atoms with Gasteiger partial charge in [-0.15, -0.1) is 0 Å². The average molecular weight is 304 g/mol. The Balaban J connectivity index is 1.70. The monoisotopic (exact) mass is 304 g/mol. The number of imide groups is 1. The van der Waals surface area contributed by atoms with Crippen LogP contribution in [0.4, 0.5) is 4.79 Å². The minimum Gasteiger partial charge on any atom is -0.447 e. The van der Waals surface area contributed by atoms with E-state index in [9.17, 15) is 14.4 Å². The number of nitrogens with one attached hydrogen (secondary N) is 1. The van der Waals surface area contributed by atoms with Crippen LogP contribution in [0.25, 0.3) is 0 Å². The fourth-order valence-electron chi connectivity index (χ4n) is 2.57. The lowest BCUT2D eigenvalue weighted by atomic mass is 10.1. The van der Waals surface area contributed by atoms with Crippen LogP contribution in [0.1, 0.15) is 5.56 Å². The predicted octanol–water partition coefficient (Wildman–Crippen LogP) is 0.0915. The smallest absolute Gasteiger partial charge is 0.417 e. The second-order valence-electron chi connectivity index (χ2n) is 5.23. The van der Waals surface area contributed by atoms with Gasteiger partial charge >= 0.3 is 6.09 Å². The Hall–Kier alpha value is -2.41. The lowest BCUT2D eigenvalue weighted by Crippen LogP contribution is -2.53. The van der Waals surface area contributed by atoms with Crippen LogP contribution in [0.15, 0.2) is 30.3 Å². The van der Waals surface area contributed by atoms with Gasteiger partial charge in [-0.1, -0.05) is 30.3 Å². The van der Waals surface area contributed by atoms with Crippen LogP contribution in [0.2, 0.25) is 0 Å². The van der Waals surface area contributed by atoms with Gasteiger partial charge in [-0.2, -0.15) is 0 Å². The molecule has 0 radical (unpaired) electrons. The topological polar surface area (TPSA) is 84.9 Å². The second kappa shape index (κ2) is 6.15. The summed E-state index contributed by atoms with van der Waals surface area (Å²) < 4.78 is 10.2. The molecule has 2 atom stereocenters. The molecule has 0 saturated carbocycles. The SMILES string of the molecule is O=C1COC(C(=O)N2C(=O)OC[C@H]2Cc2ccccc2)CN1. The summed E-state index contributed by atoms with van der Waals surface area (Å²) in [5.74, 6) is -0.739. The van der Waals surface area contributed by atoms with E-state index >= 15 is 0 Å². The standard InChI is InChI=1S/C15H16N2O5/c18-13-9-21-12(7-16-13)14(19)17-11(8-22-15(17)20)6-10-4-2-1-3-5-10/h1-5,11-12H,6-9H2,(H,16,18)/t11-,12?/m1/s1. The third-order valence-corrected chi connectivity index (χ3v) is 3.69. The summed E-state index contributed by atoms with van der Waals surface area (Å²) in [6.07, 6.45) is -0.981. The number of ether oxygens (including phenoxy) is 2. The summed E-state index contributed by atoms with van der Waals surface area (Å²) in [5, 5.41) is 2.55. The fourth-order valence-corrected chi connectivity index (χ4v) is 2.57. The van der Waals surface area contributed by atoms with Crippen molar-refractivity contribution < 1.29 is 23.9 Å². The van der Waals surface area contributed by atoms with Gasteiger partial charge in [-0.3, -0.25) is 9.59 Å². The van der Waals surface area contributed by atoms with Crippen molar-refractivity contribution in [3.05, 3.63) is 35.9 Å². The van der Waals surface area contributed by atoms with Crippen LogP contribution in [0.3, 0.4) is 0 Å². The van der Waals surface area contributed by atoms with E-state index in [2.05, 4.69) is 5.32 Å². The first-order valence-corrected chi connectivity index (χ1v) is 7.07. The van der Waals surface area contributed by atoms with Crippen molar-refractivity contribution in [3.8, 4) is 0 Å². The van der Waals surface area contributed by atoms with E-state index in [0.717, 1.165) is 10.5 Å². The van der Waals surface area contributed by atoms with Gasteiger partial charge in [-0.05, 0) is 12.0 Å². The Morgan fingerprint density at radius 2 is 2.05 bits per heavy atom. The number of rotatable bonds is 3. The van der Waals surface area contributed by atoms with E-state index in [0.29, 0.717) is 6.42 Å². The van der Waals surface area contributed by atoms with Crippen molar-refractivity contribution in [2.24, 2.45) is 0 Å². The molecule has 1 aromatic carbocycles. The first-order valence-electron chi connectivity index (χ1n) is 7.07. The number of carbonyl (C=O) groups excluding carboxylic acids is 3. The maximum absolute atomic E-state index is 12.5. The number of hydrogen-bond donors (Lipinski definition) is 1. The van der Waals surface area contributed by atoms with Crippen LogP contribution in [-0.2, 0) is 25.5 Å². The lowest BCUT2D eigenvalue weighted by molar-refractivity contribution is -0.149. The van der Waals surface area contributed by atoms with E-state index in [1.54, 1.807) is 0 Å². The molecule has 116 valence electrons. The highest BCUT2D eigenvalue weighted by Crippen LogP contribution is 2.19. The third kappa shape index (κ3) is 2.94. The zero-order valence-corrected chi connectivity index (χ0v) is 11.9. The maximum Gasteiger partial charge on any atom is 0.417 e. The molecule has 1 N–H and O–H groups in total. The minimum atomic E-state index is -0.846. The summed E-state index contributed by atoms with van der Waals surface area (Å²) in [5.41, 5.74) is 1.02. The van der Waals surface area contributed by atoms with Crippen LogP contribution in [0, 0.1) is 0 Å². The zero-order chi connectivity index (χ0) is 15.5. The van der Waals surface area contributed by atoms with Gasteiger partial charge in [0, 0.05) is 0 Å². The number of morpholine rings is 1. The van der Waals surface area contributed by atoms with Crippen molar-refractivity contribution in [1.82, 2.24) is 10.2 Å². The maximum atomic E-state index is 12.5. The molecule has 0 aliphatic carbocycles. The van der Waals surface area contributed by atoms with Gasteiger partial charge in [0.05, 0.1) is 12.6 Å². The number of cyclic esters (lactones) is 1. The van der Waals surface area contributed by atoms with E-state index in [1.165, 1.54) is 0 Å². The van der Waals surface area contributed by atoms with Crippen LogP contribution in [0.5, 0.6) is 0 Å². The number of hydrogen-bond acceptors (Lipinski definition) is 5. The number of amides is 3. The molecular weight excluding hydrogens is 288 g/mol. The molecule has 3 rings (SSSR count). The van der Waals surface area contributed by atoms with Crippen molar-refractivity contribution in [2.75, 3.05) is 19.8 Å². The first-order chi connectivity index (χ1) is 10.6. The molecule has 7 nitrogen and oxygen atoms in total. The molecule has 1 aromatic rings. The number of benzene rings is 1. The molecule has 1 unspecified atom stereocenters.